The fraction of sp³-hybridized carbons (Fsp3) is 0.545. The molecule has 0 radical (unpaired) electrons. The van der Waals surface area contributed by atoms with Crippen molar-refractivity contribution in [2.24, 2.45) is 5.41 Å². The van der Waals surface area contributed by atoms with E-state index in [1.807, 2.05) is 45.9 Å². The molecule has 13 heavy (non-hydrogen) atoms. The van der Waals surface area contributed by atoms with Crippen LogP contribution < -0.4 is 0 Å². The molecule has 0 spiro atoms. The van der Waals surface area contributed by atoms with Crippen molar-refractivity contribution in [1.29, 1.82) is 0 Å². The summed E-state index contributed by atoms with van der Waals surface area (Å²) >= 11 is 0. The van der Waals surface area contributed by atoms with E-state index in [2.05, 4.69) is 0 Å². The molecule has 0 rings (SSSR count). The first kappa shape index (κ1) is 11.9. The van der Waals surface area contributed by atoms with Crippen molar-refractivity contribution < 1.29 is 9.90 Å². The van der Waals surface area contributed by atoms with Crippen LogP contribution in [0.3, 0.4) is 0 Å². The molecular formula is C11H18O2. The van der Waals surface area contributed by atoms with Crippen LogP contribution in [0.25, 0.3) is 0 Å². The van der Waals surface area contributed by atoms with Crippen LogP contribution in [-0.4, -0.2) is 11.1 Å². The predicted molar refractivity (Wildman–Crippen MR) is 54.6 cm³/mol. The molecule has 0 aliphatic heterocycles. The molecule has 0 aromatic carbocycles. The standard InChI is InChI=1S/C11H18O2/c1-5-9(2)6-7-11(3,4)8-10(12)13/h5-7H,8H2,1-4H3,(H,12,13). The van der Waals surface area contributed by atoms with Crippen molar-refractivity contribution in [3.8, 4) is 0 Å². The number of hydrogen-bond acceptors (Lipinski definition) is 1. The molecule has 0 heterocycles. The Morgan fingerprint density at radius 3 is 2.38 bits per heavy atom. The Hall–Kier alpha value is -1.05. The minimum Gasteiger partial charge on any atom is -0.481 e. The summed E-state index contributed by atoms with van der Waals surface area (Å²) in [6, 6.07) is 0. The fourth-order valence-electron chi connectivity index (χ4n) is 0.902. The van der Waals surface area contributed by atoms with E-state index in [0.717, 1.165) is 5.57 Å². The quantitative estimate of drug-likeness (QED) is 0.678. The Bertz CT molecular complexity index is 234. The molecule has 0 atom stereocenters. The summed E-state index contributed by atoms with van der Waals surface area (Å²) in [5.74, 6) is -0.757. The van der Waals surface area contributed by atoms with E-state index < -0.39 is 5.97 Å². The zero-order valence-corrected chi connectivity index (χ0v) is 8.79. The Balaban J connectivity index is 4.32. The highest BCUT2D eigenvalue weighted by Crippen LogP contribution is 2.22. The predicted octanol–water partition coefficient (Wildman–Crippen LogP) is 3.01. The van der Waals surface area contributed by atoms with Crippen LogP contribution in [-0.2, 0) is 4.79 Å². The molecule has 0 aromatic rings. The second kappa shape index (κ2) is 4.85. The molecule has 0 fully saturated rings. The van der Waals surface area contributed by atoms with Gasteiger partial charge in [-0.3, -0.25) is 4.79 Å². The number of carbonyl (C=O) groups is 1. The average molecular weight is 182 g/mol. The number of hydrogen-bond donors (Lipinski definition) is 1. The van der Waals surface area contributed by atoms with Crippen molar-refractivity contribution in [2.45, 2.75) is 34.1 Å². The highest BCUT2D eigenvalue weighted by atomic mass is 16.4. The normalized spacial score (nSPS) is 13.7. The zero-order valence-electron chi connectivity index (χ0n) is 8.79. The third-order valence-corrected chi connectivity index (χ3v) is 1.86. The minimum atomic E-state index is -0.757. The van der Waals surface area contributed by atoms with Crippen molar-refractivity contribution >= 4 is 5.97 Å². The highest BCUT2D eigenvalue weighted by molar-refractivity contribution is 5.68. The summed E-state index contributed by atoms with van der Waals surface area (Å²) < 4.78 is 0. The molecule has 74 valence electrons. The third kappa shape index (κ3) is 6.14. The molecule has 2 heteroatoms. The van der Waals surface area contributed by atoms with Crippen LogP contribution in [0, 0.1) is 5.41 Å². The van der Waals surface area contributed by atoms with Gasteiger partial charge < -0.3 is 5.11 Å². The SMILES string of the molecule is CC=C(C)C=CC(C)(C)CC(=O)O. The molecule has 2 nitrogen and oxygen atoms in total. The van der Waals surface area contributed by atoms with Crippen LogP contribution >= 0.6 is 0 Å². The van der Waals surface area contributed by atoms with E-state index in [-0.39, 0.29) is 11.8 Å². The molecule has 0 saturated heterocycles. The van der Waals surface area contributed by atoms with Crippen molar-refractivity contribution in [3.05, 3.63) is 23.8 Å². The van der Waals surface area contributed by atoms with Crippen LogP contribution in [0.4, 0.5) is 0 Å². The van der Waals surface area contributed by atoms with E-state index in [1.165, 1.54) is 0 Å². The monoisotopic (exact) mass is 182 g/mol. The molecule has 0 aliphatic rings. The van der Waals surface area contributed by atoms with Gasteiger partial charge in [-0.1, -0.05) is 37.6 Å². The van der Waals surface area contributed by atoms with E-state index in [1.54, 1.807) is 0 Å². The Labute approximate surface area is 80.0 Å². The largest absolute Gasteiger partial charge is 0.481 e. The van der Waals surface area contributed by atoms with Gasteiger partial charge in [0.15, 0.2) is 0 Å². The first-order chi connectivity index (χ1) is 5.87. The van der Waals surface area contributed by atoms with Gasteiger partial charge in [-0.2, -0.15) is 0 Å². The van der Waals surface area contributed by atoms with E-state index in [0.29, 0.717) is 0 Å². The Morgan fingerprint density at radius 2 is 2.00 bits per heavy atom. The van der Waals surface area contributed by atoms with Crippen LogP contribution in [0.2, 0.25) is 0 Å². The second-order valence-electron chi connectivity index (χ2n) is 3.93. The Kier molecular flexibility index (Phi) is 4.46. The molecule has 0 unspecified atom stereocenters. The summed E-state index contributed by atoms with van der Waals surface area (Å²) in [5, 5.41) is 8.62. The maximum atomic E-state index is 10.5. The molecule has 0 amide bonds. The lowest BCUT2D eigenvalue weighted by atomic mass is 9.88. The smallest absolute Gasteiger partial charge is 0.304 e. The van der Waals surface area contributed by atoms with Gasteiger partial charge in [0.2, 0.25) is 0 Å². The van der Waals surface area contributed by atoms with Gasteiger partial charge >= 0.3 is 5.97 Å². The van der Waals surface area contributed by atoms with Gasteiger partial charge in [0, 0.05) is 0 Å². The topological polar surface area (TPSA) is 37.3 Å². The fourth-order valence-corrected chi connectivity index (χ4v) is 0.902. The summed E-state index contributed by atoms with van der Waals surface area (Å²) in [4.78, 5) is 10.5. The number of carboxylic acid groups (broad SMARTS) is 1. The van der Waals surface area contributed by atoms with E-state index in [9.17, 15) is 4.79 Å². The zero-order chi connectivity index (χ0) is 10.5. The van der Waals surface area contributed by atoms with Crippen molar-refractivity contribution in [2.75, 3.05) is 0 Å². The second-order valence-corrected chi connectivity index (χ2v) is 3.93. The van der Waals surface area contributed by atoms with Gasteiger partial charge in [0.05, 0.1) is 6.42 Å². The molecular weight excluding hydrogens is 164 g/mol. The maximum absolute atomic E-state index is 10.5. The lowest BCUT2D eigenvalue weighted by Crippen LogP contribution is -2.13. The Morgan fingerprint density at radius 1 is 1.46 bits per heavy atom. The number of aliphatic carboxylic acids is 1. The van der Waals surface area contributed by atoms with Gasteiger partial charge in [-0.05, 0) is 19.3 Å². The number of carboxylic acids is 1. The maximum Gasteiger partial charge on any atom is 0.304 e. The van der Waals surface area contributed by atoms with Crippen molar-refractivity contribution in [1.82, 2.24) is 0 Å². The number of allylic oxidation sites excluding steroid dienone is 4. The lowest BCUT2D eigenvalue weighted by molar-refractivity contribution is -0.138. The third-order valence-electron chi connectivity index (χ3n) is 1.86. The highest BCUT2D eigenvalue weighted by Gasteiger charge is 2.17. The first-order valence-corrected chi connectivity index (χ1v) is 4.41. The van der Waals surface area contributed by atoms with Gasteiger partial charge in [0.1, 0.15) is 0 Å². The first-order valence-electron chi connectivity index (χ1n) is 4.41. The summed E-state index contributed by atoms with van der Waals surface area (Å²) in [7, 11) is 0. The molecule has 0 aliphatic carbocycles. The van der Waals surface area contributed by atoms with Gasteiger partial charge in [-0.15, -0.1) is 0 Å². The summed E-state index contributed by atoms with van der Waals surface area (Å²) in [6.45, 7) is 7.79. The molecule has 0 bridgehead atoms. The lowest BCUT2D eigenvalue weighted by Gasteiger charge is -2.16. The minimum absolute atomic E-state index is 0.167. The molecule has 0 aromatic heterocycles. The van der Waals surface area contributed by atoms with E-state index >= 15 is 0 Å². The van der Waals surface area contributed by atoms with E-state index in [4.69, 9.17) is 5.11 Å². The molecule has 0 saturated carbocycles. The number of rotatable bonds is 4. The average Bonchev–Trinajstić information content (AvgIpc) is 1.98. The summed E-state index contributed by atoms with van der Waals surface area (Å²) in [5.41, 5.74) is 0.884. The molecule has 1 N–H and O–H groups in total. The van der Waals surface area contributed by atoms with Crippen molar-refractivity contribution in [3.63, 3.8) is 0 Å². The van der Waals surface area contributed by atoms with Crippen LogP contribution in [0.5, 0.6) is 0 Å². The summed E-state index contributed by atoms with van der Waals surface area (Å²) in [6.07, 6.45) is 6.06. The van der Waals surface area contributed by atoms with Crippen LogP contribution in [0.15, 0.2) is 23.8 Å². The van der Waals surface area contributed by atoms with Crippen LogP contribution in [0.1, 0.15) is 34.1 Å². The van der Waals surface area contributed by atoms with Gasteiger partial charge in [-0.25, -0.2) is 0 Å². The van der Waals surface area contributed by atoms with Gasteiger partial charge in [0.25, 0.3) is 0 Å².